The fraction of sp³-hybridized carbons (Fsp3) is 0.900. The highest BCUT2D eigenvalue weighted by Crippen LogP contribution is 2.54. The molecule has 0 amide bonds. The lowest BCUT2D eigenvalue weighted by atomic mass is 9.59. The van der Waals surface area contributed by atoms with E-state index in [-0.39, 0.29) is 24.2 Å². The summed E-state index contributed by atoms with van der Waals surface area (Å²) in [4.78, 5) is 11.6. The lowest BCUT2D eigenvalue weighted by molar-refractivity contribution is -0.189. The van der Waals surface area contributed by atoms with Crippen molar-refractivity contribution in [1.29, 1.82) is 0 Å². The third-order valence-corrected chi connectivity index (χ3v) is 3.68. The molecule has 0 spiro atoms. The molecule has 0 aromatic carbocycles. The Kier molecular flexibility index (Phi) is 1.96. The molecule has 13 heavy (non-hydrogen) atoms. The number of aliphatic hydroxyl groups excluding tert-OH is 1. The van der Waals surface area contributed by atoms with Crippen LogP contribution in [-0.2, 0) is 9.53 Å². The Hall–Kier alpha value is -0.410. The van der Waals surface area contributed by atoms with E-state index in [1.807, 2.05) is 6.92 Å². The van der Waals surface area contributed by atoms with E-state index in [9.17, 15) is 4.79 Å². The van der Waals surface area contributed by atoms with Crippen LogP contribution in [0.4, 0.5) is 0 Å². The molecule has 3 atom stereocenters. The molecule has 2 aliphatic carbocycles. The zero-order chi connectivity index (χ0) is 9.64. The van der Waals surface area contributed by atoms with Crippen LogP contribution in [0.15, 0.2) is 0 Å². The highest BCUT2D eigenvalue weighted by Gasteiger charge is 2.63. The molecule has 1 N–H and O–H groups in total. The Bertz CT molecular complexity index is 234. The van der Waals surface area contributed by atoms with Crippen LogP contribution in [0.3, 0.4) is 0 Å². The average molecular weight is 184 g/mol. The van der Waals surface area contributed by atoms with Crippen molar-refractivity contribution in [2.24, 2.45) is 17.8 Å². The first-order chi connectivity index (χ1) is 6.15. The monoisotopic (exact) mass is 184 g/mol. The zero-order valence-electron chi connectivity index (χ0n) is 8.12. The minimum Gasteiger partial charge on any atom is -0.396 e. The van der Waals surface area contributed by atoms with Crippen molar-refractivity contribution in [3.05, 3.63) is 0 Å². The van der Waals surface area contributed by atoms with Gasteiger partial charge in [0.25, 0.3) is 0 Å². The van der Waals surface area contributed by atoms with Gasteiger partial charge in [0.15, 0.2) is 0 Å². The molecule has 0 aromatic rings. The fourth-order valence-electron chi connectivity index (χ4n) is 2.57. The summed E-state index contributed by atoms with van der Waals surface area (Å²) in [7, 11) is 1.63. The molecule has 0 radical (unpaired) electrons. The summed E-state index contributed by atoms with van der Waals surface area (Å²) < 4.78 is 5.38. The maximum Gasteiger partial charge on any atom is 0.147 e. The maximum atomic E-state index is 11.6. The molecule has 74 valence electrons. The average Bonchev–Trinajstić information content (AvgIpc) is 2.89. The minimum atomic E-state index is -0.396. The van der Waals surface area contributed by atoms with Gasteiger partial charge in [0, 0.05) is 7.11 Å². The normalized spacial score (nSPS) is 44.7. The predicted molar refractivity (Wildman–Crippen MR) is 47.2 cm³/mol. The van der Waals surface area contributed by atoms with E-state index in [1.54, 1.807) is 7.11 Å². The second-order valence-corrected chi connectivity index (χ2v) is 4.34. The SMILES string of the molecule is COC1(C)C(CO)C(=O)C1C1CC1. The molecule has 2 saturated carbocycles. The highest BCUT2D eigenvalue weighted by atomic mass is 16.5. The molecule has 0 heterocycles. The standard InChI is InChI=1S/C10H16O3/c1-10(13-2)7(5-11)9(12)8(10)6-3-4-6/h6-8,11H,3-5H2,1-2H3. The first-order valence-electron chi connectivity index (χ1n) is 4.85. The van der Waals surface area contributed by atoms with E-state index in [4.69, 9.17) is 9.84 Å². The topological polar surface area (TPSA) is 46.5 Å². The van der Waals surface area contributed by atoms with Gasteiger partial charge in [0.1, 0.15) is 5.78 Å². The van der Waals surface area contributed by atoms with E-state index in [0.29, 0.717) is 5.92 Å². The molecular formula is C10H16O3. The second-order valence-electron chi connectivity index (χ2n) is 4.34. The number of rotatable bonds is 3. The van der Waals surface area contributed by atoms with Crippen molar-refractivity contribution in [3.63, 3.8) is 0 Å². The van der Waals surface area contributed by atoms with Gasteiger partial charge >= 0.3 is 0 Å². The van der Waals surface area contributed by atoms with Crippen molar-refractivity contribution in [2.45, 2.75) is 25.4 Å². The van der Waals surface area contributed by atoms with Crippen molar-refractivity contribution in [2.75, 3.05) is 13.7 Å². The van der Waals surface area contributed by atoms with Gasteiger partial charge in [0.2, 0.25) is 0 Å². The van der Waals surface area contributed by atoms with Crippen LogP contribution in [0.5, 0.6) is 0 Å². The van der Waals surface area contributed by atoms with E-state index in [0.717, 1.165) is 12.8 Å². The summed E-state index contributed by atoms with van der Waals surface area (Å²) >= 11 is 0. The van der Waals surface area contributed by atoms with E-state index >= 15 is 0 Å². The number of aliphatic hydroxyl groups is 1. The number of hydrogen-bond acceptors (Lipinski definition) is 3. The van der Waals surface area contributed by atoms with Gasteiger partial charge in [-0.2, -0.15) is 0 Å². The quantitative estimate of drug-likeness (QED) is 0.699. The zero-order valence-corrected chi connectivity index (χ0v) is 8.12. The molecule has 0 saturated heterocycles. The number of carbonyl (C=O) groups excluding carboxylic acids is 1. The fourth-order valence-corrected chi connectivity index (χ4v) is 2.57. The first-order valence-corrected chi connectivity index (χ1v) is 4.85. The van der Waals surface area contributed by atoms with E-state index in [2.05, 4.69) is 0 Å². The van der Waals surface area contributed by atoms with Crippen molar-refractivity contribution in [1.82, 2.24) is 0 Å². The molecule has 2 aliphatic rings. The second kappa shape index (κ2) is 2.79. The Balaban J connectivity index is 2.15. The van der Waals surface area contributed by atoms with Crippen LogP contribution in [0.2, 0.25) is 0 Å². The molecule has 3 heteroatoms. The molecule has 2 rings (SSSR count). The Morgan fingerprint density at radius 1 is 1.62 bits per heavy atom. The smallest absolute Gasteiger partial charge is 0.147 e. The van der Waals surface area contributed by atoms with Crippen LogP contribution in [0, 0.1) is 17.8 Å². The number of carbonyl (C=O) groups is 1. The van der Waals surface area contributed by atoms with Crippen LogP contribution < -0.4 is 0 Å². The number of Topliss-reactive ketones (excluding diaryl/α,β-unsaturated/α-hetero) is 1. The number of hydrogen-bond donors (Lipinski definition) is 1. The molecule has 0 aliphatic heterocycles. The minimum absolute atomic E-state index is 0.0506. The Labute approximate surface area is 78.1 Å². The summed E-state index contributed by atoms with van der Waals surface area (Å²) in [5.41, 5.74) is -0.396. The third kappa shape index (κ3) is 1.07. The molecule has 3 nitrogen and oxygen atoms in total. The largest absolute Gasteiger partial charge is 0.396 e. The molecular weight excluding hydrogens is 168 g/mol. The van der Waals surface area contributed by atoms with Gasteiger partial charge in [-0.1, -0.05) is 0 Å². The van der Waals surface area contributed by atoms with Gasteiger partial charge in [0.05, 0.1) is 24.0 Å². The van der Waals surface area contributed by atoms with Gasteiger partial charge in [-0.05, 0) is 25.7 Å². The van der Waals surface area contributed by atoms with Crippen molar-refractivity contribution < 1.29 is 14.6 Å². The Morgan fingerprint density at radius 2 is 2.23 bits per heavy atom. The van der Waals surface area contributed by atoms with Gasteiger partial charge in [-0.25, -0.2) is 0 Å². The maximum absolute atomic E-state index is 11.6. The van der Waals surface area contributed by atoms with Crippen molar-refractivity contribution in [3.8, 4) is 0 Å². The predicted octanol–water partition coefficient (Wildman–Crippen LogP) is 0.609. The summed E-state index contributed by atoms with van der Waals surface area (Å²) in [6, 6.07) is 0. The van der Waals surface area contributed by atoms with Crippen molar-refractivity contribution >= 4 is 5.78 Å². The van der Waals surface area contributed by atoms with E-state index < -0.39 is 5.60 Å². The summed E-state index contributed by atoms with van der Waals surface area (Å²) in [6.45, 7) is 1.87. The lowest BCUT2D eigenvalue weighted by Crippen LogP contribution is -2.64. The third-order valence-electron chi connectivity index (χ3n) is 3.68. The molecule has 0 bridgehead atoms. The summed E-state index contributed by atoms with van der Waals surface area (Å²) in [5, 5.41) is 9.04. The molecule has 2 fully saturated rings. The Morgan fingerprint density at radius 3 is 2.62 bits per heavy atom. The van der Waals surface area contributed by atoms with E-state index in [1.165, 1.54) is 0 Å². The first kappa shape index (κ1) is 9.16. The number of ether oxygens (including phenoxy) is 1. The molecule has 0 aromatic heterocycles. The summed E-state index contributed by atoms with van der Waals surface area (Å²) in [5.74, 6) is 0.493. The van der Waals surface area contributed by atoms with Crippen LogP contribution in [-0.4, -0.2) is 30.2 Å². The number of methoxy groups -OCH3 is 1. The highest BCUT2D eigenvalue weighted by molar-refractivity contribution is 5.93. The molecule has 3 unspecified atom stereocenters. The van der Waals surface area contributed by atoms with Gasteiger partial charge < -0.3 is 9.84 Å². The number of ketones is 1. The van der Waals surface area contributed by atoms with Crippen LogP contribution >= 0.6 is 0 Å². The lowest BCUT2D eigenvalue weighted by Gasteiger charge is -2.50. The van der Waals surface area contributed by atoms with Gasteiger partial charge in [-0.15, -0.1) is 0 Å². The van der Waals surface area contributed by atoms with Crippen LogP contribution in [0.1, 0.15) is 19.8 Å². The van der Waals surface area contributed by atoms with Crippen LogP contribution in [0.25, 0.3) is 0 Å². The summed E-state index contributed by atoms with van der Waals surface area (Å²) in [6.07, 6.45) is 2.29. The van der Waals surface area contributed by atoms with Gasteiger partial charge in [-0.3, -0.25) is 4.79 Å².